The first-order valence-electron chi connectivity index (χ1n) is 8.40. The van der Waals surface area contributed by atoms with Crippen LogP contribution in [0.15, 0.2) is 17.5 Å². The molecule has 0 amide bonds. The van der Waals surface area contributed by atoms with E-state index < -0.39 is 0 Å². The normalized spacial score (nSPS) is 30.2. The van der Waals surface area contributed by atoms with E-state index in [1.54, 1.807) is 11.3 Å². The molecule has 2 atom stereocenters. The van der Waals surface area contributed by atoms with Crippen LogP contribution in [0.2, 0.25) is 0 Å². The molecule has 3 heterocycles. The molecule has 124 valence electrons. The van der Waals surface area contributed by atoms with Crippen LogP contribution in [0.25, 0.3) is 0 Å². The second-order valence-corrected chi connectivity index (χ2v) is 7.82. The average molecular weight is 324 g/mol. The topological polar surface area (TPSA) is 33.7 Å². The summed E-state index contributed by atoms with van der Waals surface area (Å²) < 4.78 is 12.3. The molecule has 4 nitrogen and oxygen atoms in total. The highest BCUT2D eigenvalue weighted by Gasteiger charge is 2.43. The lowest BCUT2D eigenvalue weighted by Gasteiger charge is -2.34. The molecule has 2 aliphatic heterocycles. The number of hydrogen-bond acceptors (Lipinski definition) is 5. The van der Waals surface area contributed by atoms with Crippen molar-refractivity contribution in [2.75, 3.05) is 32.8 Å². The summed E-state index contributed by atoms with van der Waals surface area (Å²) in [7, 11) is 0. The number of hydrogen-bond donors (Lipinski definition) is 1. The van der Waals surface area contributed by atoms with Crippen LogP contribution in [0.1, 0.15) is 31.6 Å². The molecule has 0 unspecified atom stereocenters. The fraction of sp³-hybridized carbons (Fsp3) is 0.765. The molecule has 3 rings (SSSR count). The Morgan fingerprint density at radius 3 is 3.18 bits per heavy atom. The molecule has 1 spiro atoms. The Morgan fingerprint density at radius 2 is 2.41 bits per heavy atom. The molecule has 1 N–H and O–H groups in total. The molecule has 0 aromatic carbocycles. The Labute approximate surface area is 137 Å². The molecule has 0 saturated carbocycles. The van der Waals surface area contributed by atoms with Crippen LogP contribution in [0.3, 0.4) is 0 Å². The summed E-state index contributed by atoms with van der Waals surface area (Å²) >= 11 is 1.80. The van der Waals surface area contributed by atoms with Gasteiger partial charge in [-0.05, 0) is 38.1 Å². The van der Waals surface area contributed by atoms with E-state index in [-0.39, 0.29) is 5.60 Å². The first-order chi connectivity index (χ1) is 10.7. The standard InChI is InChI=1S/C17H28N2O2S/c1-14(2)19-7-8-20-13-17(12-19)6-5-15(21-17)10-18-11-16-4-3-9-22-16/h3-4,9,14-15,18H,5-8,10-13H2,1-2H3/t15-,17+/m0/s1. The zero-order chi connectivity index (χ0) is 15.4. The zero-order valence-corrected chi connectivity index (χ0v) is 14.5. The predicted octanol–water partition coefficient (Wildman–Crippen LogP) is 2.50. The Bertz CT molecular complexity index is 452. The van der Waals surface area contributed by atoms with E-state index in [1.807, 2.05) is 0 Å². The van der Waals surface area contributed by atoms with Crippen LogP contribution in [-0.2, 0) is 16.0 Å². The minimum Gasteiger partial charge on any atom is -0.377 e. The van der Waals surface area contributed by atoms with Crippen LogP contribution < -0.4 is 5.32 Å². The van der Waals surface area contributed by atoms with Crippen LogP contribution in [0.5, 0.6) is 0 Å². The van der Waals surface area contributed by atoms with Gasteiger partial charge in [0.25, 0.3) is 0 Å². The van der Waals surface area contributed by atoms with Gasteiger partial charge in [0.15, 0.2) is 0 Å². The molecular weight excluding hydrogens is 296 g/mol. The quantitative estimate of drug-likeness (QED) is 0.902. The lowest BCUT2D eigenvalue weighted by atomic mass is 9.99. The van der Waals surface area contributed by atoms with E-state index in [0.29, 0.717) is 12.1 Å². The number of thiophene rings is 1. The van der Waals surface area contributed by atoms with Gasteiger partial charge in [-0.3, -0.25) is 4.90 Å². The van der Waals surface area contributed by atoms with Crippen molar-refractivity contribution in [2.45, 2.75) is 51.0 Å². The molecule has 0 aliphatic carbocycles. The van der Waals surface area contributed by atoms with E-state index in [2.05, 4.69) is 41.6 Å². The Balaban J connectivity index is 1.49. The number of nitrogens with zero attached hydrogens (tertiary/aromatic N) is 1. The van der Waals surface area contributed by atoms with Gasteiger partial charge in [-0.1, -0.05) is 6.07 Å². The third kappa shape index (κ3) is 4.09. The van der Waals surface area contributed by atoms with Gasteiger partial charge in [-0.2, -0.15) is 0 Å². The zero-order valence-electron chi connectivity index (χ0n) is 13.7. The van der Waals surface area contributed by atoms with E-state index in [9.17, 15) is 0 Å². The molecule has 2 fully saturated rings. The van der Waals surface area contributed by atoms with Crippen molar-refractivity contribution in [3.8, 4) is 0 Å². The average Bonchev–Trinajstić information content (AvgIpc) is 3.07. The molecule has 1 aromatic rings. The maximum atomic E-state index is 6.44. The maximum absolute atomic E-state index is 6.44. The van der Waals surface area contributed by atoms with Crippen LogP contribution in [0.4, 0.5) is 0 Å². The highest BCUT2D eigenvalue weighted by atomic mass is 32.1. The summed E-state index contributed by atoms with van der Waals surface area (Å²) in [5.41, 5.74) is -0.0873. The van der Waals surface area contributed by atoms with Crippen molar-refractivity contribution in [3.05, 3.63) is 22.4 Å². The largest absolute Gasteiger partial charge is 0.377 e. The van der Waals surface area contributed by atoms with Gasteiger partial charge in [0.1, 0.15) is 5.60 Å². The van der Waals surface area contributed by atoms with Crippen molar-refractivity contribution in [3.63, 3.8) is 0 Å². The van der Waals surface area contributed by atoms with E-state index in [4.69, 9.17) is 9.47 Å². The van der Waals surface area contributed by atoms with Gasteiger partial charge in [0.2, 0.25) is 0 Å². The summed E-state index contributed by atoms with van der Waals surface area (Å²) in [5.74, 6) is 0. The molecule has 0 radical (unpaired) electrons. The summed E-state index contributed by atoms with van der Waals surface area (Å²) in [6.07, 6.45) is 2.56. The van der Waals surface area contributed by atoms with E-state index in [1.165, 1.54) is 4.88 Å². The second-order valence-electron chi connectivity index (χ2n) is 6.79. The van der Waals surface area contributed by atoms with Crippen molar-refractivity contribution >= 4 is 11.3 Å². The summed E-state index contributed by atoms with van der Waals surface area (Å²) in [6, 6.07) is 4.83. The molecule has 2 aliphatic rings. The van der Waals surface area contributed by atoms with Gasteiger partial charge in [0, 0.05) is 37.1 Å². The summed E-state index contributed by atoms with van der Waals surface area (Å²) in [4.78, 5) is 3.88. The third-order valence-electron chi connectivity index (χ3n) is 4.70. The molecule has 2 saturated heterocycles. The summed E-state index contributed by atoms with van der Waals surface area (Å²) in [6.45, 7) is 9.99. The molecule has 22 heavy (non-hydrogen) atoms. The van der Waals surface area contributed by atoms with Crippen molar-refractivity contribution in [2.24, 2.45) is 0 Å². The SMILES string of the molecule is CC(C)N1CCOC[C@@]2(CC[C@@H](CNCc3cccs3)O2)C1. The van der Waals surface area contributed by atoms with Gasteiger partial charge in [-0.15, -0.1) is 11.3 Å². The molecular formula is C17H28N2O2S. The monoisotopic (exact) mass is 324 g/mol. The molecule has 0 bridgehead atoms. The number of ether oxygens (including phenoxy) is 2. The number of nitrogens with one attached hydrogen (secondary N) is 1. The van der Waals surface area contributed by atoms with Gasteiger partial charge < -0.3 is 14.8 Å². The highest BCUT2D eigenvalue weighted by Crippen LogP contribution is 2.33. The van der Waals surface area contributed by atoms with E-state index in [0.717, 1.165) is 52.2 Å². The minimum absolute atomic E-state index is 0.0873. The minimum atomic E-state index is -0.0873. The fourth-order valence-electron chi connectivity index (χ4n) is 3.41. The first-order valence-corrected chi connectivity index (χ1v) is 9.28. The van der Waals surface area contributed by atoms with Crippen LogP contribution in [0, 0.1) is 0 Å². The van der Waals surface area contributed by atoms with Crippen LogP contribution in [-0.4, -0.2) is 55.5 Å². The van der Waals surface area contributed by atoms with Crippen molar-refractivity contribution in [1.82, 2.24) is 10.2 Å². The smallest absolute Gasteiger partial charge is 0.105 e. The third-order valence-corrected chi connectivity index (χ3v) is 5.58. The lowest BCUT2D eigenvalue weighted by Crippen LogP contribution is -2.47. The van der Waals surface area contributed by atoms with Gasteiger partial charge in [0.05, 0.1) is 19.3 Å². The Morgan fingerprint density at radius 1 is 1.50 bits per heavy atom. The van der Waals surface area contributed by atoms with Crippen molar-refractivity contribution < 1.29 is 9.47 Å². The second kappa shape index (κ2) is 7.41. The molecule has 1 aromatic heterocycles. The first kappa shape index (κ1) is 16.4. The summed E-state index contributed by atoms with van der Waals surface area (Å²) in [5, 5.41) is 5.66. The van der Waals surface area contributed by atoms with E-state index >= 15 is 0 Å². The number of rotatable bonds is 5. The lowest BCUT2D eigenvalue weighted by molar-refractivity contribution is -0.0866. The fourth-order valence-corrected chi connectivity index (χ4v) is 4.08. The van der Waals surface area contributed by atoms with Gasteiger partial charge >= 0.3 is 0 Å². The maximum Gasteiger partial charge on any atom is 0.105 e. The molecule has 5 heteroatoms. The Hall–Kier alpha value is -0.460. The van der Waals surface area contributed by atoms with Crippen LogP contribution >= 0.6 is 11.3 Å². The Kier molecular flexibility index (Phi) is 5.52. The van der Waals surface area contributed by atoms with Crippen molar-refractivity contribution in [1.29, 1.82) is 0 Å². The highest BCUT2D eigenvalue weighted by molar-refractivity contribution is 7.09. The predicted molar refractivity (Wildman–Crippen MR) is 90.4 cm³/mol. The van der Waals surface area contributed by atoms with Gasteiger partial charge in [-0.25, -0.2) is 0 Å².